The van der Waals surface area contributed by atoms with Crippen LogP contribution in [-0.4, -0.2) is 52.4 Å². The highest BCUT2D eigenvalue weighted by molar-refractivity contribution is 9.10. The van der Waals surface area contributed by atoms with Crippen molar-refractivity contribution in [2.75, 3.05) is 25.0 Å². The first-order valence-electron chi connectivity index (χ1n) is 5.50. The van der Waals surface area contributed by atoms with Crippen LogP contribution in [-0.2, 0) is 14.4 Å². The van der Waals surface area contributed by atoms with E-state index >= 15 is 0 Å². The molecule has 20 heavy (non-hydrogen) atoms. The number of pyridine rings is 1. The molecule has 0 radical (unpaired) electrons. The number of carbonyl (C=O) groups is 3. The number of aliphatic carboxylic acids is 1. The Morgan fingerprint density at radius 3 is 2.50 bits per heavy atom. The molecule has 1 aromatic rings. The van der Waals surface area contributed by atoms with E-state index in [4.69, 9.17) is 10.8 Å². The minimum absolute atomic E-state index is 0.271. The van der Waals surface area contributed by atoms with E-state index in [0.717, 1.165) is 9.37 Å². The zero-order valence-corrected chi connectivity index (χ0v) is 12.0. The van der Waals surface area contributed by atoms with Crippen LogP contribution in [0.25, 0.3) is 0 Å². The monoisotopic (exact) mass is 344 g/mol. The van der Waals surface area contributed by atoms with Gasteiger partial charge in [0.15, 0.2) is 0 Å². The molecule has 0 aliphatic carbocycles. The molecule has 1 aromatic heterocycles. The lowest BCUT2D eigenvalue weighted by atomic mass is 10.4. The fraction of sp³-hybridized carbons (Fsp3) is 0.273. The van der Waals surface area contributed by atoms with Crippen LogP contribution in [0.4, 0.5) is 5.82 Å². The fourth-order valence-corrected chi connectivity index (χ4v) is 1.65. The maximum atomic E-state index is 11.7. The van der Waals surface area contributed by atoms with E-state index in [1.165, 1.54) is 6.20 Å². The molecular weight excluding hydrogens is 332 g/mol. The average molecular weight is 345 g/mol. The summed E-state index contributed by atoms with van der Waals surface area (Å²) in [4.78, 5) is 38.2. The third-order valence-electron chi connectivity index (χ3n) is 2.10. The van der Waals surface area contributed by atoms with Gasteiger partial charge in [0.1, 0.15) is 5.82 Å². The van der Waals surface area contributed by atoms with E-state index in [0.29, 0.717) is 5.82 Å². The number of carbonyl (C=O) groups excluding carboxylic acids is 2. The van der Waals surface area contributed by atoms with Crippen LogP contribution in [0, 0.1) is 0 Å². The summed E-state index contributed by atoms with van der Waals surface area (Å²) >= 11 is 3.21. The Bertz CT molecular complexity index is 490. The standard InChI is InChI=1S/C11H13BrN4O4/c12-7-1-2-9(14-3-7)15-10(18)5-16(4-8(13)17)6-11(19)20/h1-3H,4-6H2,(H2,13,17)(H,19,20)(H,14,15,18). The first-order valence-corrected chi connectivity index (χ1v) is 6.30. The number of carboxylic acids is 1. The number of aromatic nitrogens is 1. The fourth-order valence-electron chi connectivity index (χ4n) is 1.41. The van der Waals surface area contributed by atoms with Gasteiger partial charge >= 0.3 is 5.97 Å². The Morgan fingerprint density at radius 2 is 2.00 bits per heavy atom. The molecule has 0 atom stereocenters. The highest BCUT2D eigenvalue weighted by Crippen LogP contribution is 2.10. The Balaban J connectivity index is 2.58. The molecule has 0 spiro atoms. The van der Waals surface area contributed by atoms with Gasteiger partial charge in [-0.3, -0.25) is 19.3 Å². The Hall–Kier alpha value is -2.00. The zero-order valence-electron chi connectivity index (χ0n) is 10.4. The lowest BCUT2D eigenvalue weighted by Gasteiger charge is -2.17. The highest BCUT2D eigenvalue weighted by atomic mass is 79.9. The number of amides is 2. The first kappa shape index (κ1) is 16.1. The molecule has 0 bridgehead atoms. The lowest BCUT2D eigenvalue weighted by molar-refractivity contribution is -0.138. The van der Waals surface area contributed by atoms with Crippen molar-refractivity contribution in [2.45, 2.75) is 0 Å². The summed E-state index contributed by atoms with van der Waals surface area (Å²) in [7, 11) is 0. The maximum Gasteiger partial charge on any atom is 0.317 e. The van der Waals surface area contributed by atoms with Gasteiger partial charge in [0.05, 0.1) is 19.6 Å². The molecule has 0 unspecified atom stereocenters. The molecule has 0 aromatic carbocycles. The van der Waals surface area contributed by atoms with E-state index in [1.54, 1.807) is 12.1 Å². The van der Waals surface area contributed by atoms with Gasteiger partial charge in [0.2, 0.25) is 11.8 Å². The minimum Gasteiger partial charge on any atom is -0.480 e. The molecule has 4 N–H and O–H groups in total. The normalized spacial score (nSPS) is 10.3. The van der Waals surface area contributed by atoms with Crippen molar-refractivity contribution in [3.63, 3.8) is 0 Å². The molecule has 0 saturated carbocycles. The van der Waals surface area contributed by atoms with Crippen molar-refractivity contribution in [1.29, 1.82) is 0 Å². The predicted molar refractivity (Wildman–Crippen MR) is 73.8 cm³/mol. The van der Waals surface area contributed by atoms with Gasteiger partial charge in [-0.15, -0.1) is 0 Å². The molecule has 8 nitrogen and oxygen atoms in total. The van der Waals surface area contributed by atoms with Crippen molar-refractivity contribution < 1.29 is 19.5 Å². The van der Waals surface area contributed by atoms with Gasteiger partial charge in [0.25, 0.3) is 0 Å². The molecule has 0 aliphatic heterocycles. The summed E-state index contributed by atoms with van der Waals surface area (Å²) in [6.07, 6.45) is 1.51. The third kappa shape index (κ3) is 6.25. The van der Waals surface area contributed by atoms with Crippen molar-refractivity contribution in [1.82, 2.24) is 9.88 Å². The number of nitrogens with two attached hydrogens (primary N) is 1. The largest absolute Gasteiger partial charge is 0.480 e. The van der Waals surface area contributed by atoms with Gasteiger partial charge < -0.3 is 16.2 Å². The summed E-state index contributed by atoms with van der Waals surface area (Å²) in [6, 6.07) is 3.28. The van der Waals surface area contributed by atoms with E-state index in [1.807, 2.05) is 0 Å². The lowest BCUT2D eigenvalue weighted by Crippen LogP contribution is -2.41. The zero-order chi connectivity index (χ0) is 15.1. The van der Waals surface area contributed by atoms with Crippen LogP contribution in [0.2, 0.25) is 0 Å². The summed E-state index contributed by atoms with van der Waals surface area (Å²) in [5.41, 5.74) is 4.99. The topological polar surface area (TPSA) is 126 Å². The van der Waals surface area contributed by atoms with Crippen molar-refractivity contribution in [3.05, 3.63) is 22.8 Å². The smallest absolute Gasteiger partial charge is 0.317 e. The van der Waals surface area contributed by atoms with Crippen LogP contribution in [0.1, 0.15) is 0 Å². The second-order valence-corrected chi connectivity index (χ2v) is 4.83. The molecule has 0 saturated heterocycles. The molecule has 9 heteroatoms. The van der Waals surface area contributed by atoms with Crippen molar-refractivity contribution >= 4 is 39.5 Å². The van der Waals surface area contributed by atoms with E-state index in [9.17, 15) is 14.4 Å². The second-order valence-electron chi connectivity index (χ2n) is 3.92. The van der Waals surface area contributed by atoms with E-state index in [-0.39, 0.29) is 13.1 Å². The Kier molecular flexibility index (Phi) is 6.07. The van der Waals surface area contributed by atoms with Gasteiger partial charge in [0, 0.05) is 10.7 Å². The number of nitrogens with one attached hydrogen (secondary N) is 1. The van der Waals surface area contributed by atoms with Gasteiger partial charge in [-0.05, 0) is 28.1 Å². The van der Waals surface area contributed by atoms with Gasteiger partial charge in [-0.1, -0.05) is 0 Å². The Morgan fingerprint density at radius 1 is 1.30 bits per heavy atom. The van der Waals surface area contributed by atoms with Gasteiger partial charge in [-0.25, -0.2) is 4.98 Å². The number of hydrogen-bond donors (Lipinski definition) is 3. The number of halogens is 1. The van der Waals surface area contributed by atoms with Crippen molar-refractivity contribution in [3.8, 4) is 0 Å². The number of hydrogen-bond acceptors (Lipinski definition) is 5. The minimum atomic E-state index is -1.15. The predicted octanol–water partition coefficient (Wildman–Crippen LogP) is -0.346. The summed E-state index contributed by atoms with van der Waals surface area (Å²) in [5.74, 6) is -2.02. The van der Waals surface area contributed by atoms with Crippen LogP contribution in [0.5, 0.6) is 0 Å². The average Bonchev–Trinajstić information content (AvgIpc) is 2.30. The summed E-state index contributed by atoms with van der Waals surface area (Å²) in [5, 5.41) is 11.2. The van der Waals surface area contributed by atoms with Crippen LogP contribution in [0.15, 0.2) is 22.8 Å². The number of nitrogens with zero attached hydrogens (tertiary/aromatic N) is 2. The van der Waals surface area contributed by atoms with Crippen LogP contribution >= 0.6 is 15.9 Å². The molecule has 2 amide bonds. The van der Waals surface area contributed by atoms with Crippen LogP contribution < -0.4 is 11.1 Å². The quantitative estimate of drug-likeness (QED) is 0.620. The molecule has 1 rings (SSSR count). The molecular formula is C11H13BrN4O4. The van der Waals surface area contributed by atoms with E-state index < -0.39 is 24.3 Å². The van der Waals surface area contributed by atoms with E-state index in [2.05, 4.69) is 26.2 Å². The number of rotatable bonds is 7. The number of primary amides is 1. The molecule has 0 fully saturated rings. The Labute approximate surface area is 123 Å². The van der Waals surface area contributed by atoms with Crippen LogP contribution in [0.3, 0.4) is 0 Å². The second kappa shape index (κ2) is 7.56. The number of anilines is 1. The first-order chi connectivity index (χ1) is 9.36. The number of carboxylic acid groups (broad SMARTS) is 1. The SMILES string of the molecule is NC(=O)CN(CC(=O)O)CC(=O)Nc1ccc(Br)cn1. The molecule has 108 valence electrons. The molecule has 1 heterocycles. The van der Waals surface area contributed by atoms with Gasteiger partial charge in [-0.2, -0.15) is 0 Å². The maximum absolute atomic E-state index is 11.7. The molecule has 0 aliphatic rings. The summed E-state index contributed by atoms with van der Waals surface area (Å²) in [6.45, 7) is -1.04. The highest BCUT2D eigenvalue weighted by Gasteiger charge is 2.16. The third-order valence-corrected chi connectivity index (χ3v) is 2.57. The summed E-state index contributed by atoms with van der Waals surface area (Å²) < 4.78 is 0.761. The van der Waals surface area contributed by atoms with Crippen molar-refractivity contribution in [2.24, 2.45) is 5.73 Å².